The number of aliphatic carboxylic acids is 1. The molecular formula is C13H12O2S. The topological polar surface area (TPSA) is 37.3 Å². The molecule has 16 heavy (non-hydrogen) atoms. The molecule has 1 unspecified atom stereocenters. The molecule has 1 aromatic heterocycles. The molecule has 1 heterocycles. The van der Waals surface area contributed by atoms with Gasteiger partial charge in [-0.2, -0.15) is 0 Å². The number of hydrogen-bond acceptors (Lipinski definition) is 2. The predicted octanol–water partition coefficient (Wildman–Crippen LogP) is 3.09. The van der Waals surface area contributed by atoms with Crippen molar-refractivity contribution in [3.05, 3.63) is 34.7 Å². The second kappa shape index (κ2) is 3.59. The van der Waals surface area contributed by atoms with Crippen LogP contribution in [0.15, 0.2) is 24.3 Å². The van der Waals surface area contributed by atoms with E-state index in [4.69, 9.17) is 5.11 Å². The number of benzene rings is 1. The maximum absolute atomic E-state index is 11.0. The van der Waals surface area contributed by atoms with E-state index in [2.05, 4.69) is 18.2 Å². The average molecular weight is 232 g/mol. The molecule has 0 aliphatic heterocycles. The molecule has 2 nitrogen and oxygen atoms in total. The van der Waals surface area contributed by atoms with Crippen molar-refractivity contribution >= 4 is 27.4 Å². The molecule has 82 valence electrons. The van der Waals surface area contributed by atoms with Crippen LogP contribution in [0.5, 0.6) is 0 Å². The van der Waals surface area contributed by atoms with Crippen LogP contribution in [0.3, 0.4) is 0 Å². The van der Waals surface area contributed by atoms with Gasteiger partial charge in [0.15, 0.2) is 0 Å². The molecule has 0 saturated carbocycles. The van der Waals surface area contributed by atoms with E-state index in [9.17, 15) is 4.79 Å². The fourth-order valence-corrected chi connectivity index (χ4v) is 3.78. The second-order valence-electron chi connectivity index (χ2n) is 4.28. The molecule has 0 saturated heterocycles. The molecule has 0 amide bonds. The molecule has 0 radical (unpaired) electrons. The van der Waals surface area contributed by atoms with Crippen molar-refractivity contribution in [1.29, 1.82) is 0 Å². The van der Waals surface area contributed by atoms with Crippen LogP contribution in [0.25, 0.3) is 10.1 Å². The summed E-state index contributed by atoms with van der Waals surface area (Å²) in [6.07, 6.45) is 2.41. The number of carboxylic acids is 1. The van der Waals surface area contributed by atoms with Gasteiger partial charge >= 0.3 is 5.97 Å². The van der Waals surface area contributed by atoms with E-state index in [0.717, 1.165) is 12.8 Å². The Morgan fingerprint density at radius 1 is 1.38 bits per heavy atom. The quantitative estimate of drug-likeness (QED) is 0.820. The first-order chi connectivity index (χ1) is 7.75. The molecule has 3 heteroatoms. The van der Waals surface area contributed by atoms with E-state index >= 15 is 0 Å². The summed E-state index contributed by atoms with van der Waals surface area (Å²) in [6, 6.07) is 8.36. The molecule has 1 aliphatic carbocycles. The molecule has 1 N–H and O–H groups in total. The van der Waals surface area contributed by atoms with Crippen LogP contribution in [0.4, 0.5) is 0 Å². The summed E-state index contributed by atoms with van der Waals surface area (Å²) < 4.78 is 1.29. The minimum atomic E-state index is -0.650. The second-order valence-corrected chi connectivity index (χ2v) is 5.41. The lowest BCUT2D eigenvalue weighted by molar-refractivity contribution is -0.142. The van der Waals surface area contributed by atoms with Gasteiger partial charge < -0.3 is 5.11 Å². The molecule has 0 bridgehead atoms. The highest BCUT2D eigenvalue weighted by molar-refractivity contribution is 7.19. The maximum Gasteiger partial charge on any atom is 0.306 e. The highest BCUT2D eigenvalue weighted by Gasteiger charge is 2.26. The smallest absolute Gasteiger partial charge is 0.306 e. The number of carboxylic acid groups (broad SMARTS) is 1. The molecule has 2 aromatic rings. The number of fused-ring (bicyclic) bond motifs is 3. The summed E-state index contributed by atoms with van der Waals surface area (Å²) in [4.78, 5) is 12.3. The predicted molar refractivity (Wildman–Crippen MR) is 65.0 cm³/mol. The minimum absolute atomic E-state index is 0.180. The maximum atomic E-state index is 11.0. The van der Waals surface area contributed by atoms with Crippen molar-refractivity contribution in [2.75, 3.05) is 0 Å². The minimum Gasteiger partial charge on any atom is -0.481 e. The third-order valence-corrected chi connectivity index (χ3v) is 4.54. The van der Waals surface area contributed by atoms with Crippen molar-refractivity contribution in [1.82, 2.24) is 0 Å². The fourth-order valence-electron chi connectivity index (χ4n) is 2.44. The number of rotatable bonds is 1. The molecule has 0 spiro atoms. The van der Waals surface area contributed by atoms with Crippen molar-refractivity contribution < 1.29 is 9.90 Å². The van der Waals surface area contributed by atoms with E-state index in [1.54, 1.807) is 11.3 Å². The molecule has 1 atom stereocenters. The van der Waals surface area contributed by atoms with E-state index in [1.807, 2.05) is 6.07 Å². The van der Waals surface area contributed by atoms with E-state index < -0.39 is 5.97 Å². The van der Waals surface area contributed by atoms with Gasteiger partial charge in [0.2, 0.25) is 0 Å². The van der Waals surface area contributed by atoms with E-state index in [-0.39, 0.29) is 5.92 Å². The standard InChI is InChI=1S/C13H12O2S/c14-13(15)8-5-6-10-9-3-1-2-4-11(9)16-12(10)7-8/h1-4,8H,5-7H2,(H,14,15). The molecule has 0 fully saturated rings. The van der Waals surface area contributed by atoms with Gasteiger partial charge in [-0.1, -0.05) is 18.2 Å². The Bertz CT molecular complexity index is 556. The Morgan fingerprint density at radius 2 is 2.19 bits per heavy atom. The Hall–Kier alpha value is -1.35. The fraction of sp³-hybridized carbons (Fsp3) is 0.308. The van der Waals surface area contributed by atoms with Crippen LogP contribution in [-0.4, -0.2) is 11.1 Å². The van der Waals surface area contributed by atoms with Gasteiger partial charge in [-0.3, -0.25) is 4.79 Å². The van der Waals surface area contributed by atoms with Gasteiger partial charge in [0, 0.05) is 9.58 Å². The lowest BCUT2D eigenvalue weighted by Gasteiger charge is -2.18. The summed E-state index contributed by atoms with van der Waals surface area (Å²) in [5.41, 5.74) is 1.39. The summed E-state index contributed by atoms with van der Waals surface area (Å²) in [5.74, 6) is -0.830. The summed E-state index contributed by atoms with van der Waals surface area (Å²) >= 11 is 1.76. The first kappa shape index (κ1) is 9.85. The molecule has 1 aliphatic rings. The van der Waals surface area contributed by atoms with Crippen LogP contribution in [0, 0.1) is 5.92 Å². The number of aryl methyl sites for hydroxylation is 1. The number of hydrogen-bond donors (Lipinski definition) is 1. The largest absolute Gasteiger partial charge is 0.481 e. The van der Waals surface area contributed by atoms with Crippen molar-refractivity contribution in [2.24, 2.45) is 5.92 Å². The highest BCUT2D eigenvalue weighted by Crippen LogP contribution is 2.37. The van der Waals surface area contributed by atoms with Gasteiger partial charge in [-0.15, -0.1) is 11.3 Å². The van der Waals surface area contributed by atoms with Crippen LogP contribution < -0.4 is 0 Å². The lowest BCUT2D eigenvalue weighted by Crippen LogP contribution is -2.20. The third-order valence-electron chi connectivity index (χ3n) is 3.31. The van der Waals surface area contributed by atoms with Crippen molar-refractivity contribution in [3.63, 3.8) is 0 Å². The van der Waals surface area contributed by atoms with E-state index in [0.29, 0.717) is 6.42 Å². The van der Waals surface area contributed by atoms with E-state index in [1.165, 1.54) is 20.5 Å². The zero-order valence-corrected chi connectivity index (χ0v) is 9.59. The Labute approximate surface area is 97.5 Å². The third kappa shape index (κ3) is 1.43. The summed E-state index contributed by atoms with van der Waals surface area (Å²) in [7, 11) is 0. The number of carbonyl (C=O) groups is 1. The van der Waals surface area contributed by atoms with Crippen LogP contribution in [0.2, 0.25) is 0 Å². The summed E-state index contributed by atoms with van der Waals surface area (Å²) in [6.45, 7) is 0. The lowest BCUT2D eigenvalue weighted by atomic mass is 9.88. The van der Waals surface area contributed by atoms with Crippen LogP contribution in [0.1, 0.15) is 16.9 Å². The van der Waals surface area contributed by atoms with Crippen LogP contribution >= 0.6 is 11.3 Å². The van der Waals surface area contributed by atoms with Crippen molar-refractivity contribution in [3.8, 4) is 0 Å². The normalized spacial score (nSPS) is 19.6. The Balaban J connectivity index is 2.09. The van der Waals surface area contributed by atoms with Gasteiger partial charge in [0.1, 0.15) is 0 Å². The van der Waals surface area contributed by atoms with Crippen LogP contribution in [-0.2, 0) is 17.6 Å². The average Bonchev–Trinajstić information content (AvgIpc) is 2.66. The van der Waals surface area contributed by atoms with Gasteiger partial charge in [-0.25, -0.2) is 0 Å². The van der Waals surface area contributed by atoms with Gasteiger partial charge in [0.05, 0.1) is 5.92 Å². The van der Waals surface area contributed by atoms with Gasteiger partial charge in [0.25, 0.3) is 0 Å². The SMILES string of the molecule is O=C(O)C1CCc2c(sc3ccccc23)C1. The molecule has 1 aromatic carbocycles. The van der Waals surface area contributed by atoms with Gasteiger partial charge in [-0.05, 0) is 36.3 Å². The number of thiophene rings is 1. The summed E-state index contributed by atoms with van der Waals surface area (Å²) in [5, 5.41) is 10.4. The zero-order valence-electron chi connectivity index (χ0n) is 8.77. The first-order valence-electron chi connectivity index (χ1n) is 5.48. The first-order valence-corrected chi connectivity index (χ1v) is 6.29. The zero-order chi connectivity index (χ0) is 11.1. The van der Waals surface area contributed by atoms with Crippen molar-refractivity contribution in [2.45, 2.75) is 19.3 Å². The highest BCUT2D eigenvalue weighted by atomic mass is 32.1. The molecule has 3 rings (SSSR count). The Morgan fingerprint density at radius 3 is 3.00 bits per heavy atom. The molecular weight excluding hydrogens is 220 g/mol. The Kier molecular flexibility index (Phi) is 2.21. The monoisotopic (exact) mass is 232 g/mol.